The van der Waals surface area contributed by atoms with Gasteiger partial charge in [0.15, 0.2) is 0 Å². The summed E-state index contributed by atoms with van der Waals surface area (Å²) in [6.07, 6.45) is -0.736. The number of ether oxygens (including phenoxy) is 2. The number of thiocarbonyl (C=S) groups is 2. The SMILES string of the molecule is O=C1OCCN1C(=S)SCc1ccc(CSC(=S)N2CCOC2=O)cc1. The molecule has 0 spiro atoms. The summed E-state index contributed by atoms with van der Waals surface area (Å²) in [6.45, 7) is 1.82. The summed E-state index contributed by atoms with van der Waals surface area (Å²) >= 11 is 13.4. The number of benzene rings is 1. The number of carbonyl (C=O) groups excluding carboxylic acids is 2. The van der Waals surface area contributed by atoms with Gasteiger partial charge in [0.25, 0.3) is 0 Å². The summed E-state index contributed by atoms with van der Waals surface area (Å²) in [5.41, 5.74) is 2.23. The van der Waals surface area contributed by atoms with Crippen LogP contribution in [0.4, 0.5) is 9.59 Å². The highest BCUT2D eigenvalue weighted by molar-refractivity contribution is 8.22. The molecule has 10 heteroatoms. The fraction of sp³-hybridized carbons (Fsp3) is 0.375. The topological polar surface area (TPSA) is 59.1 Å². The Labute approximate surface area is 170 Å². The van der Waals surface area contributed by atoms with E-state index in [1.807, 2.05) is 24.3 Å². The van der Waals surface area contributed by atoms with E-state index < -0.39 is 0 Å². The molecule has 2 aliphatic rings. The number of amides is 2. The van der Waals surface area contributed by atoms with Gasteiger partial charge in [0.1, 0.15) is 21.9 Å². The molecule has 0 N–H and O–H groups in total. The minimum absolute atomic E-state index is 0.368. The Morgan fingerprint density at radius 1 is 0.846 bits per heavy atom. The first kappa shape index (κ1) is 19.4. The lowest BCUT2D eigenvalue weighted by Crippen LogP contribution is -2.27. The molecule has 0 atom stereocenters. The van der Waals surface area contributed by atoms with Crippen molar-refractivity contribution >= 4 is 68.8 Å². The first-order valence-electron chi connectivity index (χ1n) is 7.84. The van der Waals surface area contributed by atoms with Crippen molar-refractivity contribution in [2.45, 2.75) is 11.5 Å². The van der Waals surface area contributed by atoms with Crippen molar-refractivity contribution < 1.29 is 19.1 Å². The molecule has 26 heavy (non-hydrogen) atoms. The summed E-state index contributed by atoms with van der Waals surface area (Å²) in [6, 6.07) is 8.11. The van der Waals surface area contributed by atoms with E-state index in [2.05, 4.69) is 0 Å². The summed E-state index contributed by atoms with van der Waals surface area (Å²) in [7, 11) is 0. The average molecular weight is 429 g/mol. The smallest absolute Gasteiger partial charge is 0.415 e. The highest BCUT2D eigenvalue weighted by atomic mass is 32.2. The van der Waals surface area contributed by atoms with Crippen molar-refractivity contribution in [2.24, 2.45) is 0 Å². The van der Waals surface area contributed by atoms with Crippen LogP contribution in [0, 0.1) is 0 Å². The molecular weight excluding hydrogens is 412 g/mol. The lowest BCUT2D eigenvalue weighted by Gasteiger charge is -2.13. The van der Waals surface area contributed by atoms with E-state index in [-0.39, 0.29) is 12.2 Å². The van der Waals surface area contributed by atoms with E-state index in [1.54, 1.807) is 0 Å². The maximum Gasteiger partial charge on any atom is 0.415 e. The third-order valence-electron chi connectivity index (χ3n) is 3.71. The van der Waals surface area contributed by atoms with Crippen LogP contribution in [0.1, 0.15) is 11.1 Å². The Hall–Kier alpha value is -1.36. The number of thioether (sulfide) groups is 2. The Kier molecular flexibility index (Phi) is 6.74. The Balaban J connectivity index is 1.44. The van der Waals surface area contributed by atoms with Gasteiger partial charge in [-0.25, -0.2) is 9.59 Å². The second kappa shape index (κ2) is 9.03. The molecule has 0 radical (unpaired) electrons. The van der Waals surface area contributed by atoms with E-state index in [9.17, 15) is 9.59 Å². The van der Waals surface area contributed by atoms with Crippen LogP contribution in [0.25, 0.3) is 0 Å². The number of hydrogen-bond acceptors (Lipinski definition) is 8. The monoisotopic (exact) mass is 428 g/mol. The number of rotatable bonds is 4. The Bertz CT molecular complexity index is 664. The van der Waals surface area contributed by atoms with Gasteiger partial charge in [-0.15, -0.1) is 0 Å². The first-order chi connectivity index (χ1) is 12.5. The fourth-order valence-electron chi connectivity index (χ4n) is 2.30. The molecule has 2 heterocycles. The van der Waals surface area contributed by atoms with Gasteiger partial charge in [-0.05, 0) is 11.1 Å². The molecule has 3 rings (SSSR count). The molecule has 0 saturated carbocycles. The summed E-state index contributed by atoms with van der Waals surface area (Å²) in [5, 5.41) is 0. The summed E-state index contributed by atoms with van der Waals surface area (Å²) in [4.78, 5) is 25.9. The van der Waals surface area contributed by atoms with Crippen molar-refractivity contribution in [3.8, 4) is 0 Å². The highest BCUT2D eigenvalue weighted by Gasteiger charge is 2.26. The lowest BCUT2D eigenvalue weighted by atomic mass is 10.2. The van der Waals surface area contributed by atoms with Gasteiger partial charge >= 0.3 is 12.2 Å². The zero-order valence-corrected chi connectivity index (χ0v) is 17.0. The third-order valence-corrected chi connectivity index (χ3v) is 6.75. The molecule has 0 bridgehead atoms. The predicted octanol–water partition coefficient (Wildman–Crippen LogP) is 3.63. The van der Waals surface area contributed by atoms with Crippen molar-refractivity contribution in [3.05, 3.63) is 35.4 Å². The van der Waals surface area contributed by atoms with Crippen LogP contribution in [0.15, 0.2) is 24.3 Å². The number of cyclic esters (lactones) is 2. The average Bonchev–Trinajstić information content (AvgIpc) is 3.26. The number of carbonyl (C=O) groups is 2. The summed E-state index contributed by atoms with van der Waals surface area (Å²) < 4.78 is 10.8. The van der Waals surface area contributed by atoms with Crippen LogP contribution in [0.5, 0.6) is 0 Å². The predicted molar refractivity (Wildman–Crippen MR) is 110 cm³/mol. The van der Waals surface area contributed by atoms with Crippen molar-refractivity contribution in [1.82, 2.24) is 9.80 Å². The minimum Gasteiger partial charge on any atom is -0.447 e. The quantitative estimate of drug-likeness (QED) is 0.674. The number of hydrogen-bond donors (Lipinski definition) is 0. The van der Waals surface area contributed by atoms with Gasteiger partial charge in [-0.1, -0.05) is 72.2 Å². The maximum absolute atomic E-state index is 11.5. The van der Waals surface area contributed by atoms with Gasteiger partial charge in [0.2, 0.25) is 0 Å². The Morgan fingerprint density at radius 2 is 1.23 bits per heavy atom. The van der Waals surface area contributed by atoms with Gasteiger partial charge in [0, 0.05) is 11.5 Å². The molecule has 1 aromatic rings. The van der Waals surface area contributed by atoms with Crippen LogP contribution in [0.3, 0.4) is 0 Å². The molecule has 0 aromatic heterocycles. The van der Waals surface area contributed by atoms with Gasteiger partial charge in [-0.2, -0.15) is 0 Å². The van der Waals surface area contributed by atoms with E-state index in [4.69, 9.17) is 33.9 Å². The maximum atomic E-state index is 11.5. The van der Waals surface area contributed by atoms with E-state index >= 15 is 0 Å². The second-order valence-electron chi connectivity index (χ2n) is 5.46. The molecule has 0 aliphatic carbocycles. The van der Waals surface area contributed by atoms with Gasteiger partial charge in [-0.3, -0.25) is 9.80 Å². The summed E-state index contributed by atoms with van der Waals surface area (Å²) in [5.74, 6) is 1.38. The molecule has 0 unspecified atom stereocenters. The zero-order valence-electron chi connectivity index (χ0n) is 13.7. The molecule has 1 aromatic carbocycles. The van der Waals surface area contributed by atoms with E-state index in [1.165, 1.54) is 33.3 Å². The molecule has 2 saturated heterocycles. The van der Waals surface area contributed by atoms with Crippen molar-refractivity contribution in [3.63, 3.8) is 0 Å². The molecule has 2 aliphatic heterocycles. The second-order valence-corrected chi connectivity index (χ2v) is 8.68. The minimum atomic E-state index is -0.368. The van der Waals surface area contributed by atoms with Crippen molar-refractivity contribution in [1.29, 1.82) is 0 Å². The highest BCUT2D eigenvalue weighted by Crippen LogP contribution is 2.22. The molecule has 2 fully saturated rings. The number of nitrogens with zero attached hydrogens (tertiary/aromatic N) is 2. The molecule has 6 nitrogen and oxygen atoms in total. The molecule has 2 amide bonds. The van der Waals surface area contributed by atoms with Crippen LogP contribution in [-0.2, 0) is 21.0 Å². The van der Waals surface area contributed by atoms with Crippen molar-refractivity contribution in [2.75, 3.05) is 26.3 Å². The van der Waals surface area contributed by atoms with Crippen LogP contribution >= 0.6 is 48.0 Å². The Morgan fingerprint density at radius 3 is 1.54 bits per heavy atom. The zero-order chi connectivity index (χ0) is 18.5. The van der Waals surface area contributed by atoms with Crippen LogP contribution < -0.4 is 0 Å². The molecule has 138 valence electrons. The fourth-order valence-corrected chi connectivity index (χ4v) is 4.59. The standard InChI is InChI=1S/C16H16N2O4S4/c19-13-17(5-7-21-13)15(23)25-9-11-1-2-12(4-3-11)10-26-16(24)18-6-8-22-14(18)20/h1-4H,5-10H2. The van der Waals surface area contributed by atoms with Gasteiger partial charge < -0.3 is 9.47 Å². The van der Waals surface area contributed by atoms with Gasteiger partial charge in [0.05, 0.1) is 13.1 Å². The largest absolute Gasteiger partial charge is 0.447 e. The van der Waals surface area contributed by atoms with Crippen LogP contribution in [-0.4, -0.2) is 56.9 Å². The third kappa shape index (κ3) is 4.87. The lowest BCUT2D eigenvalue weighted by molar-refractivity contribution is 0.168. The van der Waals surface area contributed by atoms with E-state index in [0.717, 1.165) is 11.1 Å². The van der Waals surface area contributed by atoms with E-state index in [0.29, 0.717) is 46.5 Å². The molecular formula is C16H16N2O4S4. The van der Waals surface area contributed by atoms with Crippen LogP contribution in [0.2, 0.25) is 0 Å². The normalized spacial score (nSPS) is 16.6. The first-order valence-corrected chi connectivity index (χ1v) is 10.6.